The molecule has 0 radical (unpaired) electrons. The second-order valence-corrected chi connectivity index (χ2v) is 10.1. The number of hydrogen-bond donors (Lipinski definition) is 0. The molecule has 24 heavy (non-hydrogen) atoms. The molecule has 0 spiro atoms. The average molecular weight is 393 g/mol. The smallest absolute Gasteiger partial charge is 0.113 e. The van der Waals surface area contributed by atoms with Crippen molar-refractivity contribution >= 4 is 22.6 Å². The highest BCUT2D eigenvalue weighted by Crippen LogP contribution is 2.43. The van der Waals surface area contributed by atoms with Gasteiger partial charge in [0, 0.05) is 0 Å². The topological polar surface area (TPSA) is 0 Å². The van der Waals surface area contributed by atoms with Gasteiger partial charge in [0.2, 0.25) is 6.71 Å². The highest BCUT2D eigenvalue weighted by atomic mass is 79.9. The summed E-state index contributed by atoms with van der Waals surface area (Å²) in [6.07, 6.45) is 19.2. The quantitative estimate of drug-likeness (QED) is 0.401. The predicted molar refractivity (Wildman–Crippen MR) is 114 cm³/mol. The fourth-order valence-electron chi connectivity index (χ4n) is 4.28. The lowest BCUT2D eigenvalue weighted by Gasteiger charge is -2.35. The summed E-state index contributed by atoms with van der Waals surface area (Å²) in [6.45, 7) is 10.2. The van der Waals surface area contributed by atoms with Crippen LogP contribution in [0.4, 0.5) is 0 Å². The molecule has 136 valence electrons. The molecule has 0 bridgehead atoms. The van der Waals surface area contributed by atoms with E-state index in [-0.39, 0.29) is 5.31 Å². The van der Waals surface area contributed by atoms with Crippen molar-refractivity contribution < 1.29 is 0 Å². The third-order valence-corrected chi connectivity index (χ3v) is 7.61. The Hall–Kier alpha value is 0.0249. The van der Waals surface area contributed by atoms with Gasteiger partial charge in [0.15, 0.2) is 0 Å². The maximum atomic E-state index is 4.02. The van der Waals surface area contributed by atoms with Crippen molar-refractivity contribution in [3.63, 3.8) is 0 Å². The van der Waals surface area contributed by atoms with E-state index in [1.807, 2.05) is 0 Å². The molecule has 0 saturated heterocycles. The Balaban J connectivity index is 2.14. The Morgan fingerprint density at radius 1 is 0.917 bits per heavy atom. The number of rotatable bonds is 6. The van der Waals surface area contributed by atoms with Gasteiger partial charge in [-0.25, -0.2) is 0 Å². The molecule has 0 heterocycles. The minimum atomic E-state index is 0.287. The molecule has 2 aliphatic carbocycles. The highest BCUT2D eigenvalue weighted by Gasteiger charge is 2.36. The minimum Gasteiger partial charge on any atom is -0.113 e. The Kier molecular flexibility index (Phi) is 8.18. The molecule has 2 aliphatic rings. The lowest BCUT2D eigenvalue weighted by Crippen LogP contribution is -2.32. The molecule has 0 aromatic rings. The van der Waals surface area contributed by atoms with Gasteiger partial charge in [-0.05, 0) is 53.1 Å². The molecule has 2 saturated carbocycles. The van der Waals surface area contributed by atoms with Crippen molar-refractivity contribution in [2.45, 2.75) is 97.2 Å². The number of allylic oxidation sites excluding steroid dienone is 2. The largest absolute Gasteiger partial charge is 0.215 e. The first kappa shape index (κ1) is 20.3. The van der Waals surface area contributed by atoms with Crippen LogP contribution < -0.4 is 0 Å². The fraction of sp³-hybridized carbons (Fsp3) is 0.818. The summed E-state index contributed by atoms with van der Waals surface area (Å²) in [5.41, 5.74) is 0. The highest BCUT2D eigenvalue weighted by molar-refractivity contribution is 9.12. The summed E-state index contributed by atoms with van der Waals surface area (Å²) in [4.78, 5) is 0. The van der Waals surface area contributed by atoms with Crippen LogP contribution in [0.25, 0.3) is 0 Å². The Bertz CT molecular complexity index is 423. The van der Waals surface area contributed by atoms with Gasteiger partial charge in [-0.3, -0.25) is 0 Å². The van der Waals surface area contributed by atoms with E-state index in [1.165, 1.54) is 68.6 Å². The van der Waals surface area contributed by atoms with Crippen molar-refractivity contribution in [2.24, 2.45) is 17.8 Å². The Labute approximate surface area is 160 Å². The summed E-state index contributed by atoms with van der Waals surface area (Å²) >= 11 is 4.02. The van der Waals surface area contributed by atoms with Crippen molar-refractivity contribution in [1.82, 2.24) is 0 Å². The van der Waals surface area contributed by atoms with Gasteiger partial charge in [-0.2, -0.15) is 0 Å². The van der Waals surface area contributed by atoms with Crippen molar-refractivity contribution in [1.29, 1.82) is 0 Å². The summed E-state index contributed by atoms with van der Waals surface area (Å²) in [5, 5.41) is 0.287. The molecule has 0 amide bonds. The molecule has 2 rings (SSSR count). The lowest BCUT2D eigenvalue weighted by molar-refractivity contribution is 0.418. The standard InChI is InChI=1S/C22H38BBr/c1-18(2)22(3,4)23(16-15-19-11-7-5-8-12-19)21(24)17-20-13-9-6-10-14-20/h15-20H,5-14H2,1-4H3/b16-15+,21-17-. The van der Waals surface area contributed by atoms with Crippen LogP contribution in [0.2, 0.25) is 5.31 Å². The summed E-state index contributed by atoms with van der Waals surface area (Å²) < 4.78 is 1.44. The van der Waals surface area contributed by atoms with Gasteiger partial charge in [0.05, 0.1) is 0 Å². The molecule has 0 N–H and O–H groups in total. The molecule has 0 atom stereocenters. The van der Waals surface area contributed by atoms with Crippen LogP contribution >= 0.6 is 15.9 Å². The van der Waals surface area contributed by atoms with E-state index in [9.17, 15) is 0 Å². The van der Waals surface area contributed by atoms with Crippen molar-refractivity contribution in [2.75, 3.05) is 0 Å². The van der Waals surface area contributed by atoms with E-state index < -0.39 is 0 Å². The SMILES string of the molecule is CC(C)C(C)(C)B(/C=C/C1CCCCC1)/C(Br)=C/C1CCCCC1. The number of hydrogen-bond acceptors (Lipinski definition) is 0. The minimum absolute atomic E-state index is 0.287. The average Bonchev–Trinajstić information content (AvgIpc) is 2.56. The van der Waals surface area contributed by atoms with E-state index in [1.54, 1.807) is 0 Å². The van der Waals surface area contributed by atoms with Crippen LogP contribution in [0.5, 0.6) is 0 Å². The van der Waals surface area contributed by atoms with E-state index in [0.29, 0.717) is 12.6 Å². The first-order valence-corrected chi connectivity index (χ1v) is 11.3. The summed E-state index contributed by atoms with van der Waals surface area (Å²) in [5.74, 6) is 4.84. The normalized spacial score (nSPS) is 22.5. The molecular formula is C22H38BBr. The maximum Gasteiger partial charge on any atom is 0.215 e. The van der Waals surface area contributed by atoms with Crippen LogP contribution in [-0.4, -0.2) is 6.71 Å². The molecule has 2 heteroatoms. The van der Waals surface area contributed by atoms with E-state index in [2.05, 4.69) is 61.8 Å². The monoisotopic (exact) mass is 392 g/mol. The maximum absolute atomic E-state index is 4.02. The Morgan fingerprint density at radius 3 is 1.92 bits per heavy atom. The molecular weight excluding hydrogens is 355 g/mol. The Morgan fingerprint density at radius 2 is 1.42 bits per heavy atom. The predicted octanol–water partition coefficient (Wildman–Crippen LogP) is 7.99. The van der Waals surface area contributed by atoms with E-state index >= 15 is 0 Å². The summed E-state index contributed by atoms with van der Waals surface area (Å²) in [7, 11) is 0. The molecule has 2 fully saturated rings. The zero-order valence-electron chi connectivity index (χ0n) is 16.5. The first-order chi connectivity index (χ1) is 11.4. The van der Waals surface area contributed by atoms with Gasteiger partial charge in [-0.15, -0.1) is 5.98 Å². The molecule has 0 aliphatic heterocycles. The van der Waals surface area contributed by atoms with Gasteiger partial charge >= 0.3 is 0 Å². The van der Waals surface area contributed by atoms with Crippen LogP contribution in [0.1, 0.15) is 91.9 Å². The van der Waals surface area contributed by atoms with Crippen molar-refractivity contribution in [3.05, 3.63) is 22.5 Å². The second-order valence-electron chi connectivity index (χ2n) is 9.19. The third kappa shape index (κ3) is 5.78. The van der Waals surface area contributed by atoms with Gasteiger partial charge < -0.3 is 0 Å². The van der Waals surface area contributed by atoms with Crippen LogP contribution in [0.15, 0.2) is 22.5 Å². The molecule has 0 unspecified atom stereocenters. The van der Waals surface area contributed by atoms with Gasteiger partial charge in [0.25, 0.3) is 0 Å². The van der Waals surface area contributed by atoms with Crippen LogP contribution in [-0.2, 0) is 0 Å². The second kappa shape index (κ2) is 9.65. The number of halogens is 1. The zero-order valence-corrected chi connectivity index (χ0v) is 18.1. The van der Waals surface area contributed by atoms with Gasteiger partial charge in [0.1, 0.15) is 0 Å². The molecule has 0 aromatic carbocycles. The first-order valence-electron chi connectivity index (χ1n) is 10.5. The third-order valence-electron chi connectivity index (χ3n) is 6.86. The molecule has 0 nitrogen and oxygen atoms in total. The van der Waals surface area contributed by atoms with Crippen LogP contribution in [0, 0.1) is 17.8 Å². The van der Waals surface area contributed by atoms with Crippen molar-refractivity contribution in [3.8, 4) is 0 Å². The van der Waals surface area contributed by atoms with Crippen LogP contribution in [0.3, 0.4) is 0 Å². The fourth-order valence-corrected chi connectivity index (χ4v) is 5.40. The molecule has 0 aromatic heterocycles. The van der Waals surface area contributed by atoms with E-state index in [4.69, 9.17) is 0 Å². The lowest BCUT2D eigenvalue weighted by atomic mass is 9.31. The van der Waals surface area contributed by atoms with Gasteiger partial charge in [-0.1, -0.05) is 94.3 Å². The zero-order chi connectivity index (χ0) is 17.6. The van der Waals surface area contributed by atoms with E-state index in [0.717, 1.165) is 11.8 Å². The summed E-state index contributed by atoms with van der Waals surface area (Å²) in [6, 6.07) is 0.